The summed E-state index contributed by atoms with van der Waals surface area (Å²) in [4.78, 5) is 10.9. The molecule has 0 amide bonds. The zero-order chi connectivity index (χ0) is 11.1. The molecule has 1 aliphatic rings. The standard InChI is InChI=1S/C12H18O3/c1-3-4-5-11(15-12(13)14-2)9-8-10-6-7-10/h10-11H,3-7H2,1-2H3. The topological polar surface area (TPSA) is 35.5 Å². The number of methoxy groups -OCH3 is 1. The minimum Gasteiger partial charge on any atom is -0.438 e. The van der Waals surface area contributed by atoms with Crippen LogP contribution in [0.15, 0.2) is 0 Å². The second kappa shape index (κ2) is 6.34. The smallest absolute Gasteiger partial charge is 0.438 e. The quantitative estimate of drug-likeness (QED) is 0.528. The molecule has 3 heteroatoms. The third-order valence-electron chi connectivity index (χ3n) is 2.25. The van der Waals surface area contributed by atoms with Gasteiger partial charge in [-0.3, -0.25) is 0 Å². The van der Waals surface area contributed by atoms with Crippen LogP contribution in [0.5, 0.6) is 0 Å². The summed E-state index contributed by atoms with van der Waals surface area (Å²) in [7, 11) is 1.31. The Morgan fingerprint density at radius 2 is 2.27 bits per heavy atom. The highest BCUT2D eigenvalue weighted by Crippen LogP contribution is 2.27. The van der Waals surface area contributed by atoms with Crippen molar-refractivity contribution in [3.8, 4) is 11.8 Å². The highest BCUT2D eigenvalue weighted by Gasteiger charge is 2.19. The van der Waals surface area contributed by atoms with E-state index in [0.717, 1.165) is 19.3 Å². The molecule has 0 N–H and O–H groups in total. The number of hydrogen-bond acceptors (Lipinski definition) is 3. The lowest BCUT2D eigenvalue weighted by Gasteiger charge is -2.10. The number of hydrogen-bond donors (Lipinski definition) is 0. The van der Waals surface area contributed by atoms with Gasteiger partial charge in [-0.1, -0.05) is 25.2 Å². The van der Waals surface area contributed by atoms with E-state index >= 15 is 0 Å². The largest absolute Gasteiger partial charge is 0.509 e. The van der Waals surface area contributed by atoms with Crippen molar-refractivity contribution in [1.29, 1.82) is 0 Å². The summed E-state index contributed by atoms with van der Waals surface area (Å²) in [5.41, 5.74) is 0. The van der Waals surface area contributed by atoms with E-state index in [4.69, 9.17) is 4.74 Å². The first-order valence-electron chi connectivity index (χ1n) is 5.52. The molecule has 3 nitrogen and oxygen atoms in total. The highest BCUT2D eigenvalue weighted by molar-refractivity contribution is 5.60. The first kappa shape index (κ1) is 11.9. The Kier molecular flexibility index (Phi) is 5.03. The van der Waals surface area contributed by atoms with Crippen molar-refractivity contribution in [3.63, 3.8) is 0 Å². The molecular weight excluding hydrogens is 192 g/mol. The maximum atomic E-state index is 10.9. The summed E-state index contributed by atoms with van der Waals surface area (Å²) < 4.78 is 9.50. The Morgan fingerprint density at radius 1 is 1.53 bits per heavy atom. The van der Waals surface area contributed by atoms with Crippen LogP contribution in [0.3, 0.4) is 0 Å². The van der Waals surface area contributed by atoms with Crippen LogP contribution in [0.1, 0.15) is 39.0 Å². The van der Waals surface area contributed by atoms with E-state index in [1.807, 2.05) is 0 Å². The summed E-state index contributed by atoms with van der Waals surface area (Å²) in [5, 5.41) is 0. The van der Waals surface area contributed by atoms with Crippen molar-refractivity contribution in [2.24, 2.45) is 5.92 Å². The fourth-order valence-electron chi connectivity index (χ4n) is 1.15. The Bertz CT molecular complexity index is 258. The Balaban J connectivity index is 2.37. The van der Waals surface area contributed by atoms with Crippen molar-refractivity contribution in [2.75, 3.05) is 7.11 Å². The minimum absolute atomic E-state index is 0.294. The fraction of sp³-hybridized carbons (Fsp3) is 0.750. The zero-order valence-corrected chi connectivity index (χ0v) is 9.41. The van der Waals surface area contributed by atoms with E-state index in [0.29, 0.717) is 5.92 Å². The molecule has 0 heterocycles. The minimum atomic E-state index is -0.638. The van der Waals surface area contributed by atoms with Crippen LogP contribution in [-0.4, -0.2) is 19.4 Å². The van der Waals surface area contributed by atoms with E-state index in [9.17, 15) is 4.79 Å². The molecule has 1 atom stereocenters. The van der Waals surface area contributed by atoms with Gasteiger partial charge in [-0.15, -0.1) is 0 Å². The molecule has 1 fully saturated rings. The van der Waals surface area contributed by atoms with Crippen molar-refractivity contribution < 1.29 is 14.3 Å². The number of ether oxygens (including phenoxy) is 2. The lowest BCUT2D eigenvalue weighted by molar-refractivity contribution is 0.0522. The van der Waals surface area contributed by atoms with E-state index in [1.54, 1.807) is 0 Å². The molecule has 15 heavy (non-hydrogen) atoms. The van der Waals surface area contributed by atoms with Crippen molar-refractivity contribution in [3.05, 3.63) is 0 Å². The van der Waals surface area contributed by atoms with Crippen LogP contribution in [0.4, 0.5) is 4.79 Å². The molecular formula is C12H18O3. The zero-order valence-electron chi connectivity index (χ0n) is 9.41. The van der Waals surface area contributed by atoms with Gasteiger partial charge in [0, 0.05) is 5.92 Å². The molecule has 1 unspecified atom stereocenters. The van der Waals surface area contributed by atoms with Crippen LogP contribution in [-0.2, 0) is 9.47 Å². The van der Waals surface area contributed by atoms with Gasteiger partial charge in [0.05, 0.1) is 7.11 Å². The van der Waals surface area contributed by atoms with E-state index in [1.165, 1.54) is 20.0 Å². The van der Waals surface area contributed by atoms with E-state index < -0.39 is 6.16 Å². The molecule has 0 aromatic rings. The van der Waals surface area contributed by atoms with Crippen molar-refractivity contribution in [1.82, 2.24) is 0 Å². The van der Waals surface area contributed by atoms with Gasteiger partial charge >= 0.3 is 6.16 Å². The number of carbonyl (C=O) groups is 1. The molecule has 1 saturated carbocycles. The fourth-order valence-corrected chi connectivity index (χ4v) is 1.15. The molecule has 0 spiro atoms. The SMILES string of the molecule is CCCCC(C#CC1CC1)OC(=O)OC. The van der Waals surface area contributed by atoms with Gasteiger partial charge in [0.15, 0.2) is 6.10 Å². The average molecular weight is 210 g/mol. The van der Waals surface area contributed by atoms with Gasteiger partial charge in [-0.25, -0.2) is 4.79 Å². The molecule has 1 aliphatic carbocycles. The highest BCUT2D eigenvalue weighted by atomic mass is 16.7. The van der Waals surface area contributed by atoms with Gasteiger partial charge in [-0.2, -0.15) is 0 Å². The third-order valence-corrected chi connectivity index (χ3v) is 2.25. The van der Waals surface area contributed by atoms with Gasteiger partial charge < -0.3 is 9.47 Å². The second-order valence-electron chi connectivity index (χ2n) is 3.77. The van der Waals surface area contributed by atoms with Gasteiger partial charge in [0.2, 0.25) is 0 Å². The van der Waals surface area contributed by atoms with Gasteiger partial charge in [0.1, 0.15) is 0 Å². The Hall–Kier alpha value is -1.17. The monoisotopic (exact) mass is 210 g/mol. The normalized spacial score (nSPS) is 16.1. The first-order valence-corrected chi connectivity index (χ1v) is 5.52. The van der Waals surface area contributed by atoms with Crippen LogP contribution in [0.2, 0.25) is 0 Å². The third kappa shape index (κ3) is 5.31. The predicted octanol–water partition coefficient (Wildman–Crippen LogP) is 2.74. The lowest BCUT2D eigenvalue weighted by Crippen LogP contribution is -2.16. The van der Waals surface area contributed by atoms with Crippen molar-refractivity contribution >= 4 is 6.16 Å². The number of carbonyl (C=O) groups excluding carboxylic acids is 1. The maximum absolute atomic E-state index is 10.9. The van der Waals surface area contributed by atoms with E-state index in [2.05, 4.69) is 23.5 Å². The Morgan fingerprint density at radius 3 is 2.80 bits per heavy atom. The molecule has 1 rings (SSSR count). The predicted molar refractivity (Wildman–Crippen MR) is 57.3 cm³/mol. The number of rotatable bonds is 4. The first-order chi connectivity index (χ1) is 7.26. The molecule has 0 aliphatic heterocycles. The second-order valence-corrected chi connectivity index (χ2v) is 3.77. The molecule has 0 bridgehead atoms. The van der Waals surface area contributed by atoms with Crippen LogP contribution < -0.4 is 0 Å². The van der Waals surface area contributed by atoms with Gasteiger partial charge in [0.25, 0.3) is 0 Å². The van der Waals surface area contributed by atoms with Crippen molar-refractivity contribution in [2.45, 2.75) is 45.1 Å². The molecule has 0 saturated heterocycles. The Labute approximate surface area is 91.1 Å². The number of unbranched alkanes of at least 4 members (excludes halogenated alkanes) is 1. The van der Waals surface area contributed by atoms with Crippen LogP contribution in [0, 0.1) is 17.8 Å². The summed E-state index contributed by atoms with van der Waals surface area (Å²) >= 11 is 0. The summed E-state index contributed by atoms with van der Waals surface area (Å²) in [6, 6.07) is 0. The summed E-state index contributed by atoms with van der Waals surface area (Å²) in [6.07, 6.45) is 4.33. The molecule has 84 valence electrons. The van der Waals surface area contributed by atoms with Crippen LogP contribution >= 0.6 is 0 Å². The molecule has 0 radical (unpaired) electrons. The molecule has 0 aromatic heterocycles. The van der Waals surface area contributed by atoms with E-state index in [-0.39, 0.29) is 6.10 Å². The maximum Gasteiger partial charge on any atom is 0.509 e. The molecule has 0 aromatic carbocycles. The lowest BCUT2D eigenvalue weighted by atomic mass is 10.1. The summed E-state index contributed by atoms with van der Waals surface area (Å²) in [5.74, 6) is 6.66. The average Bonchev–Trinajstić information content (AvgIpc) is 3.05. The summed E-state index contributed by atoms with van der Waals surface area (Å²) in [6.45, 7) is 2.10. The van der Waals surface area contributed by atoms with Crippen LogP contribution in [0.25, 0.3) is 0 Å². The van der Waals surface area contributed by atoms with Gasteiger partial charge in [-0.05, 0) is 25.7 Å².